The zero-order valence-corrected chi connectivity index (χ0v) is 7.55. The Labute approximate surface area is 73.9 Å². The van der Waals surface area contributed by atoms with Gasteiger partial charge in [-0.1, -0.05) is 0 Å². The number of nitrogens with zero attached hydrogens (tertiary/aromatic N) is 3. The molecule has 0 atom stereocenters. The van der Waals surface area contributed by atoms with Crippen molar-refractivity contribution in [2.75, 3.05) is 5.88 Å². The van der Waals surface area contributed by atoms with Gasteiger partial charge in [-0.15, -0.1) is 0 Å². The molecular weight excluding hydrogens is 200 g/mol. The van der Waals surface area contributed by atoms with E-state index in [0.29, 0.717) is 11.0 Å². The molecule has 2 heterocycles. The third kappa shape index (κ3) is 1.17. The van der Waals surface area contributed by atoms with Gasteiger partial charge in [0.1, 0.15) is 5.88 Å². The summed E-state index contributed by atoms with van der Waals surface area (Å²) in [6.07, 6.45) is 3.08. The Morgan fingerprint density at radius 3 is 3.17 bits per heavy atom. The fourth-order valence-electron chi connectivity index (χ4n) is 0.928. The summed E-state index contributed by atoms with van der Waals surface area (Å²) < 4.78 is 22.9. The molecule has 2 aliphatic rings. The van der Waals surface area contributed by atoms with Gasteiger partial charge >= 0.3 is 15.4 Å². The maximum Gasteiger partial charge on any atom is 0.343 e. The molecule has 1 saturated heterocycles. The van der Waals surface area contributed by atoms with Crippen LogP contribution < -0.4 is 10.1 Å². The van der Waals surface area contributed by atoms with Gasteiger partial charge in [-0.2, -0.15) is 13.4 Å². The molecular formula is C4H6N4O2S2+. The molecule has 12 heavy (non-hydrogen) atoms. The minimum Gasteiger partial charge on any atom is -0.212 e. The lowest BCUT2D eigenvalue weighted by atomic mass is 10.9. The second-order valence-electron chi connectivity index (χ2n) is 2.19. The van der Waals surface area contributed by atoms with Crippen LogP contribution in [0.5, 0.6) is 0 Å². The molecule has 2 N–H and O–H groups in total. The van der Waals surface area contributed by atoms with E-state index in [-0.39, 0.29) is 0 Å². The molecule has 0 spiro atoms. The number of rotatable bonds is 1. The van der Waals surface area contributed by atoms with Gasteiger partial charge in [0, 0.05) is 9.42 Å². The molecule has 0 saturated carbocycles. The number of hydrogen-bond acceptors (Lipinski definition) is 5. The number of fused-ring (bicyclic) bond motifs is 1. The molecule has 0 aromatic heterocycles. The van der Waals surface area contributed by atoms with Crippen LogP contribution in [0.15, 0.2) is 17.4 Å². The van der Waals surface area contributed by atoms with Crippen LogP contribution in [-0.4, -0.2) is 23.9 Å². The van der Waals surface area contributed by atoms with Gasteiger partial charge in [-0.05, 0) is 11.8 Å². The van der Waals surface area contributed by atoms with Crippen LogP contribution in [0.2, 0.25) is 0 Å². The topological polar surface area (TPSA) is 81.7 Å². The van der Waals surface area contributed by atoms with Crippen LogP contribution in [0, 0.1) is 0 Å². The molecule has 0 aromatic carbocycles. The first-order valence-corrected chi connectivity index (χ1v) is 5.55. The molecule has 65 valence electrons. The number of hydrogen-bond donors (Lipinski definition) is 1. The summed E-state index contributed by atoms with van der Waals surface area (Å²) in [6.45, 7) is 0. The average molecular weight is 206 g/mol. The van der Waals surface area contributed by atoms with Crippen LogP contribution in [0.3, 0.4) is 0 Å². The van der Waals surface area contributed by atoms with Gasteiger partial charge in [0.2, 0.25) is 0 Å². The van der Waals surface area contributed by atoms with E-state index in [9.17, 15) is 8.42 Å². The third-order valence-corrected chi connectivity index (χ3v) is 3.41. The predicted octanol–water partition coefficient (Wildman–Crippen LogP) is -0.908. The number of thioether (sulfide) groups is 1. The summed E-state index contributed by atoms with van der Waals surface area (Å²) >= 11 is 1.33. The van der Waals surface area contributed by atoms with Crippen LogP contribution in [-0.2, 0) is 10.2 Å². The van der Waals surface area contributed by atoms with Crippen molar-refractivity contribution in [2.24, 2.45) is 10.1 Å². The lowest BCUT2D eigenvalue weighted by Gasteiger charge is -2.05. The maximum absolute atomic E-state index is 10.9. The number of nitrogens with two attached hydrogens (primary N) is 1. The minimum atomic E-state index is -3.65. The second-order valence-corrected chi connectivity index (χ2v) is 4.56. The van der Waals surface area contributed by atoms with Crippen molar-refractivity contribution in [1.29, 1.82) is 0 Å². The van der Waals surface area contributed by atoms with E-state index in [2.05, 4.69) is 4.99 Å². The third-order valence-electron chi connectivity index (χ3n) is 1.43. The fourth-order valence-corrected chi connectivity index (χ4v) is 2.88. The molecule has 0 aliphatic carbocycles. The molecule has 2 aliphatic heterocycles. The Balaban J connectivity index is 2.33. The van der Waals surface area contributed by atoms with Crippen molar-refractivity contribution >= 4 is 27.1 Å². The standard InChI is InChI=1S/C4H6N4O2S2/c5-12(9,10)8-3-11-4-6-1-2-7(4)8/h1-2H,3H2,(H2,5,9,10)/q+1. The molecule has 1 fully saturated rings. The molecule has 0 unspecified atom stereocenters. The Morgan fingerprint density at radius 2 is 2.50 bits per heavy atom. The van der Waals surface area contributed by atoms with Crippen LogP contribution in [0.25, 0.3) is 0 Å². The lowest BCUT2D eigenvalue weighted by Crippen LogP contribution is -2.46. The maximum atomic E-state index is 10.9. The summed E-state index contributed by atoms with van der Waals surface area (Å²) in [5.74, 6) is 0.294. The van der Waals surface area contributed by atoms with Crippen LogP contribution >= 0.6 is 11.8 Å². The smallest absolute Gasteiger partial charge is 0.212 e. The van der Waals surface area contributed by atoms with Gasteiger partial charge < -0.3 is 0 Å². The summed E-state index contributed by atoms with van der Waals surface area (Å²) in [5.41, 5.74) is 0. The molecule has 0 amide bonds. The van der Waals surface area contributed by atoms with E-state index < -0.39 is 10.2 Å². The van der Waals surface area contributed by atoms with Crippen molar-refractivity contribution in [1.82, 2.24) is 9.42 Å². The largest absolute Gasteiger partial charge is 0.343 e. The van der Waals surface area contributed by atoms with E-state index in [1.54, 1.807) is 6.20 Å². The zero-order valence-electron chi connectivity index (χ0n) is 5.91. The normalized spacial score (nSPS) is 24.6. The first kappa shape index (κ1) is 8.20. The molecule has 6 nitrogen and oxygen atoms in total. The van der Waals surface area contributed by atoms with Crippen LogP contribution in [0.4, 0.5) is 0 Å². The van der Waals surface area contributed by atoms with Gasteiger partial charge in [-0.25, -0.2) is 5.14 Å². The van der Waals surface area contributed by atoms with Gasteiger partial charge in [0.15, 0.2) is 6.20 Å². The molecule has 0 aromatic rings. The van der Waals surface area contributed by atoms with Gasteiger partial charge in [-0.3, -0.25) is 0 Å². The average Bonchev–Trinajstić information content (AvgIpc) is 2.37. The lowest BCUT2D eigenvalue weighted by molar-refractivity contribution is 0.356. The Kier molecular flexibility index (Phi) is 1.73. The highest BCUT2D eigenvalue weighted by molar-refractivity contribution is 8.14. The van der Waals surface area contributed by atoms with E-state index in [1.807, 2.05) is 0 Å². The van der Waals surface area contributed by atoms with Crippen LogP contribution in [0.1, 0.15) is 0 Å². The number of hydrazine groups is 1. The highest BCUT2D eigenvalue weighted by Crippen LogP contribution is 2.25. The molecule has 8 heteroatoms. The van der Waals surface area contributed by atoms with Crippen molar-refractivity contribution in [2.45, 2.75) is 0 Å². The highest BCUT2D eigenvalue weighted by Gasteiger charge is 2.47. The minimum absolute atomic E-state index is 0.294. The monoisotopic (exact) mass is 206 g/mol. The first-order valence-electron chi connectivity index (χ1n) is 3.06. The molecule has 1 radical (unpaired) electrons. The second kappa shape index (κ2) is 2.54. The number of aliphatic imine (C=N–C) groups is 1. The summed E-state index contributed by atoms with van der Waals surface area (Å²) in [4.78, 5) is 3.92. The SMILES string of the molecule is NS(=O)(=O)N1CSC2=NC=C[N+]21. The number of amidine groups is 1. The van der Waals surface area contributed by atoms with E-state index in [1.165, 1.54) is 23.0 Å². The van der Waals surface area contributed by atoms with E-state index >= 15 is 0 Å². The van der Waals surface area contributed by atoms with E-state index in [4.69, 9.17) is 5.14 Å². The Hall–Kier alpha value is -0.410. The summed E-state index contributed by atoms with van der Waals surface area (Å²) in [7, 11) is -3.65. The molecule has 0 bridgehead atoms. The van der Waals surface area contributed by atoms with Crippen molar-refractivity contribution in [3.63, 3.8) is 0 Å². The van der Waals surface area contributed by atoms with Crippen molar-refractivity contribution < 1.29 is 8.42 Å². The molecule has 2 rings (SSSR count). The van der Waals surface area contributed by atoms with Crippen molar-refractivity contribution in [3.8, 4) is 0 Å². The van der Waals surface area contributed by atoms with Gasteiger partial charge in [0.25, 0.3) is 0 Å². The zero-order chi connectivity index (χ0) is 8.77. The van der Waals surface area contributed by atoms with Gasteiger partial charge in [0.05, 0.1) is 6.20 Å². The van der Waals surface area contributed by atoms with Crippen molar-refractivity contribution in [3.05, 3.63) is 12.4 Å². The van der Waals surface area contributed by atoms with E-state index in [0.717, 1.165) is 4.41 Å². The summed E-state index contributed by atoms with van der Waals surface area (Å²) in [6, 6.07) is 0. The Morgan fingerprint density at radius 1 is 1.75 bits per heavy atom. The fraction of sp³-hybridized carbons (Fsp3) is 0.250. The predicted molar refractivity (Wildman–Crippen MR) is 46.1 cm³/mol. The Bertz CT molecular complexity index is 359. The highest BCUT2D eigenvalue weighted by atomic mass is 32.2. The first-order chi connectivity index (χ1) is 5.59. The summed E-state index contributed by atoms with van der Waals surface area (Å²) in [5, 5.41) is 7.01. The quantitative estimate of drug-likeness (QED) is 0.564.